The van der Waals surface area contributed by atoms with Crippen molar-refractivity contribution < 1.29 is 0 Å². The van der Waals surface area contributed by atoms with Gasteiger partial charge in [0.15, 0.2) is 0 Å². The van der Waals surface area contributed by atoms with Gasteiger partial charge in [-0.2, -0.15) is 11.8 Å². The summed E-state index contributed by atoms with van der Waals surface area (Å²) in [5.74, 6) is 1.30. The van der Waals surface area contributed by atoms with E-state index in [1.165, 1.54) is 63.9 Å². The smallest absolute Gasteiger partial charge is 0.0201 e. The van der Waals surface area contributed by atoms with Crippen molar-refractivity contribution in [1.29, 1.82) is 0 Å². The molecule has 0 aromatic heterocycles. The Morgan fingerprint density at radius 2 is 1.68 bits per heavy atom. The molecule has 19 heavy (non-hydrogen) atoms. The fraction of sp³-hybridized carbons (Fsp3) is 1.00. The molecule has 0 radical (unpaired) electrons. The van der Waals surface area contributed by atoms with Gasteiger partial charge in [0.05, 0.1) is 0 Å². The average Bonchev–Trinajstić information content (AvgIpc) is 2.41. The number of rotatable bonds is 8. The zero-order valence-electron chi connectivity index (χ0n) is 13.3. The van der Waals surface area contributed by atoms with E-state index in [2.05, 4.69) is 42.7 Å². The van der Waals surface area contributed by atoms with Gasteiger partial charge < -0.3 is 10.2 Å². The molecular formula is C16H34N2S. The Hall–Kier alpha value is 0.270. The summed E-state index contributed by atoms with van der Waals surface area (Å²) >= 11 is 2.22. The van der Waals surface area contributed by atoms with Crippen molar-refractivity contribution in [3.63, 3.8) is 0 Å². The van der Waals surface area contributed by atoms with Gasteiger partial charge in [0, 0.05) is 23.6 Å². The lowest BCUT2D eigenvalue weighted by Gasteiger charge is -2.30. The van der Waals surface area contributed by atoms with Gasteiger partial charge in [0.25, 0.3) is 0 Å². The summed E-state index contributed by atoms with van der Waals surface area (Å²) in [4.78, 5) is 2.54. The van der Waals surface area contributed by atoms with Crippen LogP contribution in [0, 0.1) is 0 Å². The van der Waals surface area contributed by atoms with Gasteiger partial charge in [0.1, 0.15) is 0 Å². The zero-order chi connectivity index (χ0) is 13.9. The molecule has 2 atom stereocenters. The molecule has 1 fully saturated rings. The van der Waals surface area contributed by atoms with E-state index in [9.17, 15) is 0 Å². The average molecular weight is 287 g/mol. The highest BCUT2D eigenvalue weighted by Crippen LogP contribution is 2.27. The predicted octanol–water partition coefficient (Wildman–Crippen LogP) is 3.76. The van der Waals surface area contributed by atoms with E-state index in [-0.39, 0.29) is 0 Å². The molecule has 0 aromatic rings. The second-order valence-electron chi connectivity index (χ2n) is 5.59. The molecule has 1 aliphatic rings. The molecular weight excluding hydrogens is 252 g/mol. The Morgan fingerprint density at radius 3 is 2.32 bits per heavy atom. The van der Waals surface area contributed by atoms with E-state index in [4.69, 9.17) is 0 Å². The Bertz CT molecular complexity index is 207. The van der Waals surface area contributed by atoms with Crippen LogP contribution < -0.4 is 5.32 Å². The van der Waals surface area contributed by atoms with Crippen LogP contribution in [0.2, 0.25) is 0 Å². The van der Waals surface area contributed by atoms with Gasteiger partial charge in [-0.15, -0.1) is 0 Å². The largest absolute Gasteiger partial charge is 0.313 e. The van der Waals surface area contributed by atoms with E-state index in [0.717, 1.165) is 17.8 Å². The Morgan fingerprint density at radius 1 is 1.00 bits per heavy atom. The van der Waals surface area contributed by atoms with Crippen molar-refractivity contribution in [2.75, 3.05) is 31.9 Å². The van der Waals surface area contributed by atoms with Crippen molar-refractivity contribution in [2.24, 2.45) is 0 Å². The quantitative estimate of drug-likeness (QED) is 0.731. The highest BCUT2D eigenvalue weighted by atomic mass is 32.2. The third-order valence-electron chi connectivity index (χ3n) is 4.30. The maximum Gasteiger partial charge on any atom is 0.0201 e. The van der Waals surface area contributed by atoms with Crippen LogP contribution in [0.25, 0.3) is 0 Å². The van der Waals surface area contributed by atoms with E-state index in [1.54, 1.807) is 0 Å². The highest BCUT2D eigenvalue weighted by molar-refractivity contribution is 8.00. The first kappa shape index (κ1) is 17.3. The van der Waals surface area contributed by atoms with Gasteiger partial charge in [-0.25, -0.2) is 0 Å². The second kappa shape index (κ2) is 11.0. The molecule has 1 aliphatic carbocycles. The molecule has 1 N–H and O–H groups in total. The second-order valence-corrected chi connectivity index (χ2v) is 6.94. The number of hydrogen-bond donors (Lipinski definition) is 1. The van der Waals surface area contributed by atoms with Crippen molar-refractivity contribution in [3.8, 4) is 0 Å². The van der Waals surface area contributed by atoms with Crippen LogP contribution >= 0.6 is 11.8 Å². The third-order valence-corrected chi connectivity index (χ3v) is 5.71. The summed E-state index contributed by atoms with van der Waals surface area (Å²) < 4.78 is 0. The molecule has 0 aliphatic heterocycles. The molecule has 2 unspecified atom stereocenters. The number of nitrogens with zero attached hydrogens (tertiary/aromatic N) is 1. The fourth-order valence-electron chi connectivity index (χ4n) is 3.02. The first-order chi connectivity index (χ1) is 9.31. The molecule has 0 bridgehead atoms. The van der Waals surface area contributed by atoms with Crippen LogP contribution in [0.1, 0.15) is 59.3 Å². The minimum Gasteiger partial charge on any atom is -0.313 e. The predicted molar refractivity (Wildman–Crippen MR) is 89.2 cm³/mol. The van der Waals surface area contributed by atoms with E-state index >= 15 is 0 Å². The molecule has 0 saturated heterocycles. The van der Waals surface area contributed by atoms with Crippen LogP contribution in [0.5, 0.6) is 0 Å². The van der Waals surface area contributed by atoms with Crippen LogP contribution in [0.15, 0.2) is 0 Å². The molecule has 0 aromatic carbocycles. The third kappa shape index (κ3) is 7.01. The molecule has 0 spiro atoms. The molecule has 3 heteroatoms. The first-order valence-electron chi connectivity index (χ1n) is 8.39. The highest BCUT2D eigenvalue weighted by Gasteiger charge is 2.22. The Balaban J connectivity index is 2.35. The molecule has 0 amide bonds. The Labute approximate surface area is 125 Å². The fourth-order valence-corrected chi connectivity index (χ4v) is 4.48. The maximum atomic E-state index is 3.73. The minimum atomic E-state index is 0.756. The van der Waals surface area contributed by atoms with Crippen molar-refractivity contribution in [1.82, 2.24) is 10.2 Å². The lowest BCUT2D eigenvalue weighted by molar-refractivity contribution is 0.323. The summed E-state index contributed by atoms with van der Waals surface area (Å²) in [5.41, 5.74) is 0. The van der Waals surface area contributed by atoms with Gasteiger partial charge in [-0.1, -0.05) is 46.5 Å². The normalized spacial score (nSPS) is 25.3. The Kier molecular flexibility index (Phi) is 10.0. The van der Waals surface area contributed by atoms with Gasteiger partial charge in [-0.05, 0) is 32.5 Å². The van der Waals surface area contributed by atoms with Gasteiger partial charge >= 0.3 is 0 Å². The molecule has 1 rings (SSSR count). The number of nitrogens with one attached hydrogen (secondary N) is 1. The topological polar surface area (TPSA) is 15.3 Å². The molecule has 2 nitrogen and oxygen atoms in total. The minimum absolute atomic E-state index is 0.756. The maximum absolute atomic E-state index is 3.73. The van der Waals surface area contributed by atoms with Crippen molar-refractivity contribution in [2.45, 2.75) is 70.6 Å². The van der Waals surface area contributed by atoms with Crippen LogP contribution in [0.3, 0.4) is 0 Å². The van der Waals surface area contributed by atoms with Crippen molar-refractivity contribution >= 4 is 11.8 Å². The monoisotopic (exact) mass is 286 g/mol. The van der Waals surface area contributed by atoms with Crippen LogP contribution in [-0.2, 0) is 0 Å². The summed E-state index contributed by atoms with van der Waals surface area (Å²) in [7, 11) is 0. The van der Waals surface area contributed by atoms with Gasteiger partial charge in [0.2, 0.25) is 0 Å². The van der Waals surface area contributed by atoms with Gasteiger partial charge in [-0.3, -0.25) is 0 Å². The summed E-state index contributed by atoms with van der Waals surface area (Å²) in [6, 6.07) is 0.756. The van der Waals surface area contributed by atoms with Crippen LogP contribution in [0.4, 0.5) is 0 Å². The summed E-state index contributed by atoms with van der Waals surface area (Å²) in [6.45, 7) is 11.6. The standard InChI is InChI=1S/C16H34N2S/c1-4-17-15-11-9-7-8-10-12-16(15)19-14-13-18(5-2)6-3/h15-17H,4-14H2,1-3H3. The zero-order valence-corrected chi connectivity index (χ0v) is 14.1. The molecule has 114 valence electrons. The summed E-state index contributed by atoms with van der Waals surface area (Å²) in [6.07, 6.45) is 8.55. The molecule has 1 saturated carbocycles. The van der Waals surface area contributed by atoms with Crippen molar-refractivity contribution in [3.05, 3.63) is 0 Å². The van der Waals surface area contributed by atoms with E-state index in [1.807, 2.05) is 0 Å². The molecule has 0 heterocycles. The van der Waals surface area contributed by atoms with E-state index in [0.29, 0.717) is 0 Å². The lowest BCUT2D eigenvalue weighted by atomic mass is 9.96. The summed E-state index contributed by atoms with van der Waals surface area (Å²) in [5, 5.41) is 4.58. The number of hydrogen-bond acceptors (Lipinski definition) is 3. The SMILES string of the molecule is CCNC1CCCCCCC1SCCN(CC)CC. The first-order valence-corrected chi connectivity index (χ1v) is 9.44. The van der Waals surface area contributed by atoms with E-state index < -0.39 is 0 Å². The number of thioether (sulfide) groups is 1. The lowest BCUT2D eigenvalue weighted by Crippen LogP contribution is -2.39. The van der Waals surface area contributed by atoms with Crippen LogP contribution in [-0.4, -0.2) is 48.1 Å².